The van der Waals surface area contributed by atoms with Crippen molar-refractivity contribution in [3.05, 3.63) is 60.1 Å². The number of hydrogen-bond donors (Lipinski definition) is 2. The molecular weight excluding hydrogens is 489 g/mol. The minimum atomic E-state index is -4.90. The minimum absolute atomic E-state index is 0.212. The molecule has 1 fully saturated rings. The third-order valence-corrected chi connectivity index (χ3v) is 6.44. The molecule has 1 aliphatic heterocycles. The lowest BCUT2D eigenvalue weighted by Gasteiger charge is -2.35. The monoisotopic (exact) mass is 516 g/mol. The molecule has 1 amide bonds. The first-order valence-corrected chi connectivity index (χ1v) is 11.8. The van der Waals surface area contributed by atoms with Crippen molar-refractivity contribution in [1.82, 2.24) is 9.97 Å². The highest BCUT2D eigenvalue weighted by Gasteiger charge is 2.42. The predicted octanol–water partition coefficient (Wildman–Crippen LogP) is 5.73. The van der Waals surface area contributed by atoms with Gasteiger partial charge in [0.25, 0.3) is 5.91 Å². The maximum atomic E-state index is 13.5. The molecule has 37 heavy (non-hydrogen) atoms. The number of amides is 1. The maximum Gasteiger partial charge on any atom is 0.452 e. The maximum absolute atomic E-state index is 13.5. The highest BCUT2D eigenvalue weighted by molar-refractivity contribution is 6.04. The van der Waals surface area contributed by atoms with E-state index >= 15 is 0 Å². The van der Waals surface area contributed by atoms with Gasteiger partial charge in [-0.15, -0.1) is 0 Å². The van der Waals surface area contributed by atoms with Crippen LogP contribution in [0.2, 0.25) is 0 Å². The molecule has 1 saturated heterocycles. The van der Waals surface area contributed by atoms with Crippen molar-refractivity contribution >= 4 is 23.4 Å². The summed E-state index contributed by atoms with van der Waals surface area (Å²) in [6, 6.07) is 11.3. The molecule has 11 heteroatoms. The van der Waals surface area contributed by atoms with Crippen LogP contribution in [-0.2, 0) is 11.0 Å². The Hall–Kier alpha value is -3.89. The van der Waals surface area contributed by atoms with Crippen molar-refractivity contribution in [2.45, 2.75) is 39.3 Å². The number of carbonyl (C=O) groups is 2. The highest BCUT2D eigenvalue weighted by atomic mass is 19.4. The summed E-state index contributed by atoms with van der Waals surface area (Å²) in [4.78, 5) is 34.3. The number of piperidine rings is 1. The van der Waals surface area contributed by atoms with Crippen molar-refractivity contribution in [2.75, 3.05) is 23.3 Å². The summed E-state index contributed by atoms with van der Waals surface area (Å²) in [5, 5.41) is 11.8. The van der Waals surface area contributed by atoms with Gasteiger partial charge in [0.15, 0.2) is 5.69 Å². The van der Waals surface area contributed by atoms with Gasteiger partial charge in [-0.3, -0.25) is 9.59 Å². The van der Waals surface area contributed by atoms with Crippen LogP contribution in [0.5, 0.6) is 0 Å². The van der Waals surface area contributed by atoms with Crippen molar-refractivity contribution in [2.24, 2.45) is 11.3 Å². The Bertz CT molecular complexity index is 1250. The smallest absolute Gasteiger partial charge is 0.452 e. The second kappa shape index (κ2) is 10.2. The Balaban J connectivity index is 1.42. The molecule has 0 aliphatic carbocycles. The van der Waals surface area contributed by atoms with E-state index in [1.807, 2.05) is 0 Å². The quantitative estimate of drug-likeness (QED) is 0.413. The van der Waals surface area contributed by atoms with Gasteiger partial charge < -0.3 is 19.7 Å². The average Bonchev–Trinajstić information content (AvgIpc) is 3.32. The number of benzene rings is 1. The molecule has 0 spiro atoms. The molecule has 0 radical (unpaired) electrons. The number of aliphatic carboxylic acids is 1. The van der Waals surface area contributed by atoms with Crippen LogP contribution in [0.15, 0.2) is 53.1 Å². The van der Waals surface area contributed by atoms with E-state index in [2.05, 4.69) is 20.2 Å². The van der Waals surface area contributed by atoms with Crippen LogP contribution >= 0.6 is 0 Å². The summed E-state index contributed by atoms with van der Waals surface area (Å²) >= 11 is 0. The van der Waals surface area contributed by atoms with E-state index in [0.717, 1.165) is 12.8 Å². The molecule has 2 N–H and O–H groups in total. The molecule has 8 nitrogen and oxygen atoms in total. The Kier molecular flexibility index (Phi) is 7.24. The molecule has 0 unspecified atom stereocenters. The van der Waals surface area contributed by atoms with Crippen LogP contribution < -0.4 is 10.2 Å². The first-order chi connectivity index (χ1) is 17.4. The zero-order valence-electron chi connectivity index (χ0n) is 20.4. The van der Waals surface area contributed by atoms with E-state index in [-0.39, 0.29) is 11.6 Å². The second-order valence-electron chi connectivity index (χ2n) is 9.74. The van der Waals surface area contributed by atoms with Crippen LogP contribution in [0.25, 0.3) is 11.5 Å². The summed E-state index contributed by atoms with van der Waals surface area (Å²) < 4.78 is 45.5. The molecular formula is C26H27F3N4O4. The standard InChI is InChI=1S/C26H27F3N4O4/c1-25(2,24(35)36)14-16-10-12-33(13-11-16)19-9-8-18(15-30-19)31-22(34)20-21(26(27,28)29)37-23(32-20)17-6-4-3-5-7-17/h3-9,15-16H,10-14H2,1-2H3,(H,31,34)(H,35,36). The molecule has 1 aliphatic rings. The van der Waals surface area contributed by atoms with E-state index in [9.17, 15) is 27.9 Å². The lowest BCUT2D eigenvalue weighted by atomic mass is 9.79. The molecule has 196 valence electrons. The SMILES string of the molecule is CC(C)(CC1CCN(c2ccc(NC(=O)c3nc(-c4ccccc4)oc3C(F)(F)F)cn2)CC1)C(=O)O. The average molecular weight is 517 g/mol. The van der Waals surface area contributed by atoms with Crippen LogP contribution in [0.4, 0.5) is 24.7 Å². The number of carboxylic acid groups (broad SMARTS) is 1. The molecule has 0 saturated carbocycles. The minimum Gasteiger partial charge on any atom is -0.481 e. The van der Waals surface area contributed by atoms with Gasteiger partial charge in [0, 0.05) is 18.7 Å². The molecule has 2 aromatic heterocycles. The molecule has 4 rings (SSSR count). The van der Waals surface area contributed by atoms with Gasteiger partial charge in [-0.05, 0) is 63.3 Å². The van der Waals surface area contributed by atoms with Crippen molar-refractivity contribution in [3.63, 3.8) is 0 Å². The number of oxazole rings is 1. The Morgan fingerprint density at radius 2 is 1.78 bits per heavy atom. The number of rotatable bonds is 7. The third-order valence-electron chi connectivity index (χ3n) is 6.44. The zero-order chi connectivity index (χ0) is 26.8. The van der Waals surface area contributed by atoms with Crippen molar-refractivity contribution in [3.8, 4) is 11.5 Å². The van der Waals surface area contributed by atoms with Gasteiger partial charge >= 0.3 is 12.1 Å². The Morgan fingerprint density at radius 3 is 2.35 bits per heavy atom. The lowest BCUT2D eigenvalue weighted by molar-refractivity contribution is -0.153. The number of nitrogens with zero attached hydrogens (tertiary/aromatic N) is 3. The fourth-order valence-corrected chi connectivity index (χ4v) is 4.38. The van der Waals surface area contributed by atoms with Crippen molar-refractivity contribution < 1.29 is 32.3 Å². The molecule has 0 atom stereocenters. The first kappa shape index (κ1) is 26.2. The van der Waals surface area contributed by atoms with E-state index in [1.165, 1.54) is 18.3 Å². The van der Waals surface area contributed by atoms with E-state index in [4.69, 9.17) is 4.42 Å². The fraction of sp³-hybridized carbons (Fsp3) is 0.385. The first-order valence-electron chi connectivity index (χ1n) is 11.8. The lowest BCUT2D eigenvalue weighted by Crippen LogP contribution is -2.37. The largest absolute Gasteiger partial charge is 0.481 e. The molecule has 0 bridgehead atoms. The molecule has 1 aromatic carbocycles. The number of carbonyl (C=O) groups excluding carboxylic acids is 1. The topological polar surface area (TPSA) is 109 Å². The molecule has 3 aromatic rings. The van der Waals surface area contributed by atoms with Gasteiger partial charge in [-0.2, -0.15) is 13.2 Å². The third kappa shape index (κ3) is 6.10. The predicted molar refractivity (Wildman–Crippen MR) is 130 cm³/mol. The fourth-order valence-electron chi connectivity index (χ4n) is 4.38. The van der Waals surface area contributed by atoms with Crippen molar-refractivity contribution in [1.29, 1.82) is 0 Å². The Morgan fingerprint density at radius 1 is 1.11 bits per heavy atom. The van der Waals surface area contributed by atoms with Crippen LogP contribution in [0, 0.1) is 11.3 Å². The van der Waals surface area contributed by atoms with Gasteiger partial charge in [-0.25, -0.2) is 9.97 Å². The van der Waals surface area contributed by atoms with Crippen LogP contribution in [-0.4, -0.2) is 40.0 Å². The number of pyridine rings is 1. The van der Waals surface area contributed by atoms with E-state index < -0.39 is 34.9 Å². The number of aromatic nitrogens is 2. The van der Waals surface area contributed by atoms with Crippen LogP contribution in [0.3, 0.4) is 0 Å². The highest BCUT2D eigenvalue weighted by Crippen LogP contribution is 2.36. The Labute approximate surface area is 211 Å². The number of alkyl halides is 3. The van der Waals surface area contributed by atoms with Crippen LogP contribution in [0.1, 0.15) is 49.4 Å². The number of carboxylic acids is 1. The van der Waals surface area contributed by atoms with Gasteiger partial charge in [0.1, 0.15) is 5.82 Å². The van der Waals surface area contributed by atoms with Gasteiger partial charge in [-0.1, -0.05) is 18.2 Å². The van der Waals surface area contributed by atoms with Gasteiger partial charge in [0.05, 0.1) is 17.3 Å². The second-order valence-corrected chi connectivity index (χ2v) is 9.74. The number of hydrogen-bond acceptors (Lipinski definition) is 6. The summed E-state index contributed by atoms with van der Waals surface area (Å²) in [5.74, 6) is -2.68. The number of nitrogens with one attached hydrogen (secondary N) is 1. The summed E-state index contributed by atoms with van der Waals surface area (Å²) in [7, 11) is 0. The van der Waals surface area contributed by atoms with E-state index in [1.54, 1.807) is 44.2 Å². The number of anilines is 2. The summed E-state index contributed by atoms with van der Waals surface area (Å²) in [6.07, 6.45) is -1.28. The molecule has 3 heterocycles. The number of halogens is 3. The summed E-state index contributed by atoms with van der Waals surface area (Å²) in [5.41, 5.74) is -1.11. The van der Waals surface area contributed by atoms with E-state index in [0.29, 0.717) is 36.8 Å². The zero-order valence-corrected chi connectivity index (χ0v) is 20.4. The normalized spacial score (nSPS) is 15.0. The van der Waals surface area contributed by atoms with Gasteiger partial charge in [0.2, 0.25) is 11.7 Å². The summed E-state index contributed by atoms with van der Waals surface area (Å²) in [6.45, 7) is 4.87.